The smallest absolute Gasteiger partial charge is 0.138 e. The van der Waals surface area contributed by atoms with Gasteiger partial charge in [-0.1, -0.05) is 31.2 Å². The maximum absolute atomic E-state index is 4.61. The van der Waals surface area contributed by atoms with E-state index in [2.05, 4.69) is 47.2 Å². The summed E-state index contributed by atoms with van der Waals surface area (Å²) < 4.78 is 0. The van der Waals surface area contributed by atoms with Gasteiger partial charge in [0.15, 0.2) is 0 Å². The average molecular weight is 268 g/mol. The largest absolute Gasteiger partial charge is 0.338 e. The summed E-state index contributed by atoms with van der Waals surface area (Å²) in [4.78, 5) is 9.29. The number of nitrogens with zero attached hydrogens (tertiary/aromatic N) is 1. The van der Waals surface area contributed by atoms with Crippen molar-refractivity contribution in [2.75, 3.05) is 5.75 Å². The fourth-order valence-corrected chi connectivity index (χ4v) is 2.79. The van der Waals surface area contributed by atoms with Crippen molar-refractivity contribution in [1.82, 2.24) is 9.97 Å². The highest BCUT2D eigenvalue weighted by atomic mass is 32.2. The van der Waals surface area contributed by atoms with Gasteiger partial charge in [-0.05, 0) is 36.4 Å². The first-order valence-electron chi connectivity index (χ1n) is 6.55. The Hall–Kier alpha value is -1.74. The Labute approximate surface area is 117 Å². The predicted molar refractivity (Wildman–Crippen MR) is 82.5 cm³/mol. The van der Waals surface area contributed by atoms with Gasteiger partial charge in [-0.15, -0.1) is 11.8 Å². The summed E-state index contributed by atoms with van der Waals surface area (Å²) >= 11 is 1.90. The van der Waals surface area contributed by atoms with E-state index >= 15 is 0 Å². The number of hydrogen-bond donors (Lipinski definition) is 1. The average Bonchev–Trinajstić information content (AvgIpc) is 2.89. The van der Waals surface area contributed by atoms with Crippen molar-refractivity contribution in [2.45, 2.75) is 18.2 Å². The number of hydrogen-bond acceptors (Lipinski definition) is 2. The van der Waals surface area contributed by atoms with Crippen molar-refractivity contribution in [3.05, 3.63) is 48.5 Å². The van der Waals surface area contributed by atoms with Crippen LogP contribution in [0.3, 0.4) is 0 Å². The van der Waals surface area contributed by atoms with Gasteiger partial charge < -0.3 is 4.98 Å². The molecule has 0 spiro atoms. The molecule has 96 valence electrons. The highest BCUT2D eigenvalue weighted by molar-refractivity contribution is 7.99. The molecule has 0 aliphatic carbocycles. The van der Waals surface area contributed by atoms with Crippen LogP contribution in [0.15, 0.2) is 53.4 Å². The molecule has 0 saturated heterocycles. The summed E-state index contributed by atoms with van der Waals surface area (Å²) in [6, 6.07) is 16.7. The van der Waals surface area contributed by atoms with E-state index < -0.39 is 0 Å². The fourth-order valence-electron chi connectivity index (χ4n) is 2.02. The quantitative estimate of drug-likeness (QED) is 0.693. The van der Waals surface area contributed by atoms with Gasteiger partial charge in [0, 0.05) is 10.5 Å². The van der Waals surface area contributed by atoms with Gasteiger partial charge in [0.25, 0.3) is 0 Å². The van der Waals surface area contributed by atoms with E-state index in [1.807, 2.05) is 30.0 Å². The molecule has 0 radical (unpaired) electrons. The molecular formula is C16H16N2S. The van der Waals surface area contributed by atoms with Crippen LogP contribution in [-0.2, 0) is 0 Å². The maximum atomic E-state index is 4.61. The molecule has 3 heteroatoms. The predicted octanol–water partition coefficient (Wildman–Crippen LogP) is 4.73. The molecule has 1 N–H and O–H groups in total. The Morgan fingerprint density at radius 3 is 2.58 bits per heavy atom. The van der Waals surface area contributed by atoms with Crippen LogP contribution >= 0.6 is 11.8 Å². The zero-order chi connectivity index (χ0) is 13.1. The molecule has 3 aromatic rings. The van der Waals surface area contributed by atoms with Crippen LogP contribution in [0.4, 0.5) is 0 Å². The van der Waals surface area contributed by atoms with Gasteiger partial charge in [0.2, 0.25) is 0 Å². The number of H-pyrrole nitrogens is 1. The minimum absolute atomic E-state index is 0.938. The van der Waals surface area contributed by atoms with Crippen LogP contribution in [0.1, 0.15) is 13.3 Å². The van der Waals surface area contributed by atoms with E-state index in [9.17, 15) is 0 Å². The molecule has 1 aromatic heterocycles. The van der Waals surface area contributed by atoms with E-state index in [1.54, 1.807) is 0 Å². The molecule has 0 atom stereocenters. The Morgan fingerprint density at radius 2 is 1.84 bits per heavy atom. The Balaban J connectivity index is 1.88. The number of thioether (sulfide) groups is 1. The molecule has 0 aliphatic heterocycles. The molecule has 1 heterocycles. The maximum Gasteiger partial charge on any atom is 0.138 e. The van der Waals surface area contributed by atoms with E-state index in [0.717, 1.165) is 22.4 Å². The van der Waals surface area contributed by atoms with Crippen LogP contribution in [0.25, 0.3) is 22.4 Å². The number of aromatic amines is 1. The zero-order valence-corrected chi connectivity index (χ0v) is 11.7. The normalized spacial score (nSPS) is 11.0. The van der Waals surface area contributed by atoms with Gasteiger partial charge in [0.05, 0.1) is 11.0 Å². The first-order valence-corrected chi connectivity index (χ1v) is 7.53. The number of para-hydroxylation sites is 2. The first kappa shape index (κ1) is 12.3. The standard InChI is InChI=1S/C16H16N2S/c1-2-11-19-13-9-7-12(8-10-13)16-17-14-5-3-4-6-15(14)18-16/h3-10H,2,11H2,1H3,(H,17,18). The summed E-state index contributed by atoms with van der Waals surface area (Å²) in [6.07, 6.45) is 1.20. The fraction of sp³-hybridized carbons (Fsp3) is 0.188. The number of imidazole rings is 1. The molecule has 0 amide bonds. The van der Waals surface area contributed by atoms with Crippen LogP contribution < -0.4 is 0 Å². The van der Waals surface area contributed by atoms with Crippen LogP contribution in [-0.4, -0.2) is 15.7 Å². The lowest BCUT2D eigenvalue weighted by molar-refractivity contribution is 1.10. The van der Waals surface area contributed by atoms with E-state index in [4.69, 9.17) is 0 Å². The molecule has 0 fully saturated rings. The monoisotopic (exact) mass is 268 g/mol. The lowest BCUT2D eigenvalue weighted by atomic mass is 10.2. The highest BCUT2D eigenvalue weighted by Crippen LogP contribution is 2.24. The minimum atomic E-state index is 0.938. The van der Waals surface area contributed by atoms with E-state index in [0.29, 0.717) is 0 Å². The van der Waals surface area contributed by atoms with Crippen molar-refractivity contribution in [3.8, 4) is 11.4 Å². The van der Waals surface area contributed by atoms with Gasteiger partial charge in [-0.25, -0.2) is 4.98 Å². The van der Waals surface area contributed by atoms with Crippen LogP contribution in [0, 0.1) is 0 Å². The summed E-state index contributed by atoms with van der Waals surface area (Å²) in [5.41, 5.74) is 3.24. The van der Waals surface area contributed by atoms with Gasteiger partial charge in [0.1, 0.15) is 5.82 Å². The lowest BCUT2D eigenvalue weighted by Crippen LogP contribution is -1.81. The van der Waals surface area contributed by atoms with Gasteiger partial charge in [-0.2, -0.15) is 0 Å². The third-order valence-electron chi connectivity index (χ3n) is 2.99. The van der Waals surface area contributed by atoms with Gasteiger partial charge in [-0.3, -0.25) is 0 Å². The van der Waals surface area contributed by atoms with Crippen molar-refractivity contribution in [3.63, 3.8) is 0 Å². The zero-order valence-electron chi connectivity index (χ0n) is 10.9. The molecule has 0 unspecified atom stereocenters. The van der Waals surface area contributed by atoms with E-state index in [1.165, 1.54) is 17.1 Å². The first-order chi connectivity index (χ1) is 9.36. The number of nitrogens with one attached hydrogen (secondary N) is 1. The molecular weight excluding hydrogens is 252 g/mol. The van der Waals surface area contributed by atoms with Crippen molar-refractivity contribution < 1.29 is 0 Å². The Morgan fingerprint density at radius 1 is 1.05 bits per heavy atom. The van der Waals surface area contributed by atoms with E-state index in [-0.39, 0.29) is 0 Å². The Kier molecular flexibility index (Phi) is 3.56. The van der Waals surface area contributed by atoms with Crippen molar-refractivity contribution >= 4 is 22.8 Å². The second-order valence-electron chi connectivity index (χ2n) is 4.48. The van der Waals surface area contributed by atoms with Crippen LogP contribution in [0.2, 0.25) is 0 Å². The van der Waals surface area contributed by atoms with Crippen molar-refractivity contribution in [2.24, 2.45) is 0 Å². The second kappa shape index (κ2) is 5.49. The highest BCUT2D eigenvalue weighted by Gasteiger charge is 2.04. The molecule has 0 aliphatic rings. The molecule has 0 saturated carbocycles. The molecule has 2 aromatic carbocycles. The van der Waals surface area contributed by atoms with Crippen molar-refractivity contribution in [1.29, 1.82) is 0 Å². The Bertz CT molecular complexity index is 638. The summed E-state index contributed by atoms with van der Waals surface area (Å²) in [5.74, 6) is 2.11. The molecule has 2 nitrogen and oxygen atoms in total. The third kappa shape index (κ3) is 2.66. The SMILES string of the molecule is CCCSc1ccc(-c2nc3ccccc3[nH]2)cc1. The number of fused-ring (bicyclic) bond motifs is 1. The minimum Gasteiger partial charge on any atom is -0.338 e. The lowest BCUT2D eigenvalue weighted by Gasteiger charge is -2.01. The summed E-state index contributed by atoms with van der Waals surface area (Å²) in [7, 11) is 0. The number of aromatic nitrogens is 2. The third-order valence-corrected chi connectivity index (χ3v) is 4.21. The number of rotatable bonds is 4. The van der Waals surface area contributed by atoms with Crippen LogP contribution in [0.5, 0.6) is 0 Å². The summed E-state index contributed by atoms with van der Waals surface area (Å²) in [5, 5.41) is 0. The molecule has 3 rings (SSSR count). The number of benzene rings is 2. The second-order valence-corrected chi connectivity index (χ2v) is 5.64. The molecule has 0 bridgehead atoms. The van der Waals surface area contributed by atoms with Gasteiger partial charge >= 0.3 is 0 Å². The topological polar surface area (TPSA) is 28.7 Å². The molecule has 19 heavy (non-hydrogen) atoms. The summed E-state index contributed by atoms with van der Waals surface area (Å²) in [6.45, 7) is 2.20.